The molecule has 1 unspecified atom stereocenters. The van der Waals surface area contributed by atoms with Crippen molar-refractivity contribution in [3.63, 3.8) is 0 Å². The molecule has 0 radical (unpaired) electrons. The van der Waals surface area contributed by atoms with Gasteiger partial charge in [-0.1, -0.05) is 37.3 Å². The molecule has 1 aromatic rings. The van der Waals surface area contributed by atoms with Gasteiger partial charge in [0, 0.05) is 6.54 Å². The highest BCUT2D eigenvalue weighted by Crippen LogP contribution is 2.16. The molecule has 1 heterocycles. The molecule has 4 nitrogen and oxygen atoms in total. The van der Waals surface area contributed by atoms with Crippen LogP contribution in [0.4, 0.5) is 0 Å². The Balaban J connectivity index is 1.67. The molecule has 0 aromatic heterocycles. The molecule has 1 aliphatic rings. The number of nitrogens with zero attached hydrogens (tertiary/aromatic N) is 1. The number of piperidine rings is 1. The Bertz CT molecular complexity index is 441. The van der Waals surface area contributed by atoms with Gasteiger partial charge in [-0.25, -0.2) is 0 Å². The van der Waals surface area contributed by atoms with Gasteiger partial charge in [0.1, 0.15) is 0 Å². The first kappa shape index (κ1) is 17.0. The van der Waals surface area contributed by atoms with Crippen molar-refractivity contribution in [1.82, 2.24) is 10.2 Å². The Morgan fingerprint density at radius 2 is 2.00 bits per heavy atom. The zero-order valence-electron chi connectivity index (χ0n) is 13.6. The summed E-state index contributed by atoms with van der Waals surface area (Å²) >= 11 is 0. The third kappa shape index (κ3) is 5.43. The maximum Gasteiger partial charge on any atom is 0.237 e. The Hall–Kier alpha value is -1.39. The van der Waals surface area contributed by atoms with Crippen LogP contribution in [-0.4, -0.2) is 43.0 Å². The molecule has 0 aliphatic carbocycles. The van der Waals surface area contributed by atoms with E-state index in [1.54, 1.807) is 0 Å². The Morgan fingerprint density at radius 3 is 2.64 bits per heavy atom. The van der Waals surface area contributed by atoms with Crippen LogP contribution in [0, 0.1) is 5.92 Å². The van der Waals surface area contributed by atoms with Gasteiger partial charge < -0.3 is 16.0 Å². The van der Waals surface area contributed by atoms with Crippen molar-refractivity contribution in [2.24, 2.45) is 11.7 Å². The molecule has 3 N–H and O–H groups in total. The molecular weight excluding hydrogens is 274 g/mol. The van der Waals surface area contributed by atoms with Crippen molar-refractivity contribution in [3.8, 4) is 0 Å². The second-order valence-corrected chi connectivity index (χ2v) is 6.33. The lowest BCUT2D eigenvalue weighted by molar-refractivity contribution is -0.122. The van der Waals surface area contributed by atoms with E-state index in [4.69, 9.17) is 5.73 Å². The van der Waals surface area contributed by atoms with Crippen molar-refractivity contribution in [3.05, 3.63) is 35.9 Å². The molecule has 1 amide bonds. The summed E-state index contributed by atoms with van der Waals surface area (Å²) in [7, 11) is 0. The average Bonchev–Trinajstić information content (AvgIpc) is 2.55. The minimum absolute atomic E-state index is 0.0279. The summed E-state index contributed by atoms with van der Waals surface area (Å²) in [6.07, 6.45) is 4.17. The monoisotopic (exact) mass is 303 g/mol. The summed E-state index contributed by atoms with van der Waals surface area (Å²) in [6, 6.07) is 9.49. The number of nitrogens with two attached hydrogens (primary N) is 1. The third-order valence-corrected chi connectivity index (χ3v) is 4.45. The van der Waals surface area contributed by atoms with Crippen LogP contribution < -0.4 is 11.1 Å². The fourth-order valence-electron chi connectivity index (χ4n) is 3.07. The maximum absolute atomic E-state index is 12.1. The fourth-order valence-corrected chi connectivity index (χ4v) is 3.07. The van der Waals surface area contributed by atoms with Crippen LogP contribution in [0.2, 0.25) is 0 Å². The Morgan fingerprint density at radius 1 is 1.32 bits per heavy atom. The predicted octanol–water partition coefficient (Wildman–Crippen LogP) is 1.79. The highest BCUT2D eigenvalue weighted by atomic mass is 16.2. The van der Waals surface area contributed by atoms with Gasteiger partial charge in [-0.3, -0.25) is 4.79 Å². The van der Waals surface area contributed by atoms with E-state index in [1.165, 1.54) is 25.8 Å². The van der Waals surface area contributed by atoms with E-state index in [9.17, 15) is 4.79 Å². The molecule has 1 saturated heterocycles. The van der Waals surface area contributed by atoms with Gasteiger partial charge in [0.2, 0.25) is 5.91 Å². The number of rotatable bonds is 7. The lowest BCUT2D eigenvalue weighted by Gasteiger charge is -2.31. The number of benzene rings is 1. The van der Waals surface area contributed by atoms with E-state index < -0.39 is 6.04 Å². The van der Waals surface area contributed by atoms with Crippen LogP contribution in [-0.2, 0) is 11.2 Å². The lowest BCUT2D eigenvalue weighted by Crippen LogP contribution is -2.45. The van der Waals surface area contributed by atoms with Gasteiger partial charge in [-0.15, -0.1) is 0 Å². The first-order valence-corrected chi connectivity index (χ1v) is 8.48. The van der Waals surface area contributed by atoms with Crippen LogP contribution in [0.25, 0.3) is 0 Å². The topological polar surface area (TPSA) is 58.4 Å². The van der Waals surface area contributed by atoms with Gasteiger partial charge in [0.05, 0.1) is 6.04 Å². The number of carbonyl (C=O) groups excluding carboxylic acids is 1. The molecule has 1 aromatic carbocycles. The summed E-state index contributed by atoms with van der Waals surface area (Å²) < 4.78 is 0. The van der Waals surface area contributed by atoms with E-state index in [-0.39, 0.29) is 5.91 Å². The van der Waals surface area contributed by atoms with E-state index >= 15 is 0 Å². The molecule has 0 saturated carbocycles. The minimum Gasteiger partial charge on any atom is -0.354 e. The van der Waals surface area contributed by atoms with Crippen LogP contribution in [0.5, 0.6) is 0 Å². The highest BCUT2D eigenvalue weighted by molar-refractivity contribution is 5.81. The molecule has 22 heavy (non-hydrogen) atoms. The normalized spacial score (nSPS) is 18.1. The standard InChI is InChI=1S/C18H29N3O/c1-2-10-21-11-8-16(9-12-21)14-20-18(22)17(19)13-15-6-4-3-5-7-15/h3-7,16-17H,2,8-14,19H2,1H3,(H,20,22). The van der Waals surface area contributed by atoms with Gasteiger partial charge in [-0.05, 0) is 56.8 Å². The fraction of sp³-hybridized carbons (Fsp3) is 0.611. The minimum atomic E-state index is -0.456. The molecule has 0 bridgehead atoms. The second-order valence-electron chi connectivity index (χ2n) is 6.33. The number of amides is 1. The van der Waals surface area contributed by atoms with Crippen LogP contribution in [0.3, 0.4) is 0 Å². The molecule has 1 atom stereocenters. The number of hydrogen-bond acceptors (Lipinski definition) is 3. The summed E-state index contributed by atoms with van der Waals surface area (Å²) in [6.45, 7) is 6.50. The number of nitrogens with one attached hydrogen (secondary N) is 1. The van der Waals surface area contributed by atoms with Crippen molar-refractivity contribution < 1.29 is 4.79 Å². The third-order valence-electron chi connectivity index (χ3n) is 4.45. The number of hydrogen-bond donors (Lipinski definition) is 2. The second kappa shape index (κ2) is 8.91. The van der Waals surface area contributed by atoms with Crippen LogP contribution in [0.15, 0.2) is 30.3 Å². The zero-order chi connectivity index (χ0) is 15.8. The quantitative estimate of drug-likeness (QED) is 0.807. The van der Waals surface area contributed by atoms with Gasteiger partial charge in [-0.2, -0.15) is 0 Å². The SMILES string of the molecule is CCCN1CCC(CNC(=O)C(N)Cc2ccccc2)CC1. The van der Waals surface area contributed by atoms with Gasteiger partial charge in [0.25, 0.3) is 0 Å². The van der Waals surface area contributed by atoms with Crippen molar-refractivity contribution >= 4 is 5.91 Å². The van der Waals surface area contributed by atoms with Gasteiger partial charge in [0.15, 0.2) is 0 Å². The molecular formula is C18H29N3O. The zero-order valence-corrected chi connectivity index (χ0v) is 13.6. The van der Waals surface area contributed by atoms with E-state index in [2.05, 4.69) is 17.1 Å². The lowest BCUT2D eigenvalue weighted by atomic mass is 9.96. The maximum atomic E-state index is 12.1. The largest absolute Gasteiger partial charge is 0.354 e. The summed E-state index contributed by atoms with van der Waals surface area (Å²) in [4.78, 5) is 14.6. The summed E-state index contributed by atoms with van der Waals surface area (Å²) in [5.41, 5.74) is 7.12. The van der Waals surface area contributed by atoms with Crippen LogP contribution >= 0.6 is 0 Å². The molecule has 0 spiro atoms. The molecule has 4 heteroatoms. The molecule has 2 rings (SSSR count). The van der Waals surface area contributed by atoms with Gasteiger partial charge >= 0.3 is 0 Å². The van der Waals surface area contributed by atoms with E-state index in [0.29, 0.717) is 12.3 Å². The van der Waals surface area contributed by atoms with Crippen molar-refractivity contribution in [2.75, 3.05) is 26.2 Å². The van der Waals surface area contributed by atoms with Crippen molar-refractivity contribution in [1.29, 1.82) is 0 Å². The van der Waals surface area contributed by atoms with E-state index in [0.717, 1.165) is 25.2 Å². The molecule has 1 fully saturated rings. The smallest absolute Gasteiger partial charge is 0.237 e. The number of carbonyl (C=O) groups is 1. The highest BCUT2D eigenvalue weighted by Gasteiger charge is 2.20. The Labute approximate surface area is 134 Å². The van der Waals surface area contributed by atoms with E-state index in [1.807, 2.05) is 30.3 Å². The van der Waals surface area contributed by atoms with Crippen LogP contribution in [0.1, 0.15) is 31.7 Å². The molecule has 1 aliphatic heterocycles. The Kier molecular flexibility index (Phi) is 6.87. The summed E-state index contributed by atoms with van der Waals surface area (Å²) in [5, 5.41) is 3.04. The van der Waals surface area contributed by atoms with Crippen molar-refractivity contribution in [2.45, 2.75) is 38.6 Å². The predicted molar refractivity (Wildman–Crippen MR) is 90.6 cm³/mol. The first-order chi connectivity index (χ1) is 10.7. The number of likely N-dealkylation sites (tertiary alicyclic amines) is 1. The summed E-state index contributed by atoms with van der Waals surface area (Å²) in [5.74, 6) is 0.570. The molecule has 122 valence electrons. The first-order valence-electron chi connectivity index (χ1n) is 8.48. The average molecular weight is 303 g/mol.